The third-order valence-corrected chi connectivity index (χ3v) is 2.65. The van der Waals surface area contributed by atoms with Gasteiger partial charge in [0, 0.05) is 0 Å². The van der Waals surface area contributed by atoms with Crippen molar-refractivity contribution >= 4 is 37.8 Å². The zero-order valence-corrected chi connectivity index (χ0v) is 10.3. The molecular formula is C8H8Br2O4. The third kappa shape index (κ3) is 2.70. The first-order valence-electron chi connectivity index (χ1n) is 3.32. The second kappa shape index (κ2) is 5.33. The number of hydrogen-bond acceptors (Lipinski definition) is 3. The third-order valence-electron chi connectivity index (χ3n) is 1.44. The predicted molar refractivity (Wildman–Crippen MR) is 58.5 cm³/mol. The van der Waals surface area contributed by atoms with E-state index in [0.717, 1.165) is 0 Å². The van der Waals surface area contributed by atoms with E-state index in [-0.39, 0.29) is 11.2 Å². The van der Waals surface area contributed by atoms with Gasteiger partial charge in [-0.3, -0.25) is 0 Å². The summed E-state index contributed by atoms with van der Waals surface area (Å²) in [4.78, 5) is 11.1. The Balaban J connectivity index is 0.00000169. The number of phenols is 1. The summed E-state index contributed by atoms with van der Waals surface area (Å²) in [7, 11) is 1.30. The van der Waals surface area contributed by atoms with Crippen molar-refractivity contribution < 1.29 is 20.1 Å². The van der Waals surface area contributed by atoms with E-state index in [1.807, 2.05) is 0 Å². The van der Waals surface area contributed by atoms with E-state index in [2.05, 4.69) is 36.6 Å². The van der Waals surface area contributed by atoms with Crippen molar-refractivity contribution in [2.24, 2.45) is 0 Å². The summed E-state index contributed by atoms with van der Waals surface area (Å²) in [6, 6.07) is 2.98. The van der Waals surface area contributed by atoms with Crippen LogP contribution in [0.25, 0.3) is 0 Å². The molecule has 78 valence electrons. The van der Waals surface area contributed by atoms with Crippen molar-refractivity contribution in [3.05, 3.63) is 26.6 Å². The smallest absolute Gasteiger partial charge is 0.337 e. The largest absolute Gasteiger partial charge is 0.506 e. The molecule has 3 N–H and O–H groups in total. The second-order valence-corrected chi connectivity index (χ2v) is 3.99. The van der Waals surface area contributed by atoms with E-state index in [1.54, 1.807) is 0 Å². The van der Waals surface area contributed by atoms with Crippen molar-refractivity contribution in [2.45, 2.75) is 0 Å². The molecule has 0 saturated heterocycles. The van der Waals surface area contributed by atoms with E-state index in [0.29, 0.717) is 14.5 Å². The molecule has 0 aliphatic rings. The van der Waals surface area contributed by atoms with Crippen LogP contribution in [0.1, 0.15) is 10.4 Å². The molecule has 0 unspecified atom stereocenters. The predicted octanol–water partition coefficient (Wildman–Crippen LogP) is 1.88. The van der Waals surface area contributed by atoms with Crippen LogP contribution >= 0.6 is 31.9 Å². The lowest BCUT2D eigenvalue weighted by atomic mass is 10.2. The van der Waals surface area contributed by atoms with E-state index in [1.165, 1.54) is 19.2 Å². The normalized spacial score (nSPS) is 9.07. The Morgan fingerprint density at radius 3 is 2.14 bits per heavy atom. The molecule has 0 amide bonds. The molecule has 0 aromatic heterocycles. The molecule has 6 heteroatoms. The fraction of sp³-hybridized carbons (Fsp3) is 0.125. The minimum Gasteiger partial charge on any atom is -0.506 e. The standard InChI is InChI=1S/C8H6Br2O3.H2O/c1-13-8(12)4-2-5(9)7(11)6(10)3-4;/h2-3,11H,1H3;1H2. The summed E-state index contributed by atoms with van der Waals surface area (Å²) in [6.07, 6.45) is 0. The van der Waals surface area contributed by atoms with Gasteiger partial charge in [0.05, 0.1) is 21.6 Å². The number of hydrogen-bond donors (Lipinski definition) is 1. The topological polar surface area (TPSA) is 78.0 Å². The van der Waals surface area contributed by atoms with Gasteiger partial charge >= 0.3 is 5.97 Å². The molecule has 0 spiro atoms. The molecule has 0 radical (unpaired) electrons. The average Bonchev–Trinajstić information content (AvgIpc) is 2.12. The van der Waals surface area contributed by atoms with E-state index in [4.69, 9.17) is 0 Å². The highest BCUT2D eigenvalue weighted by molar-refractivity contribution is 9.11. The maximum absolute atomic E-state index is 11.1. The minimum atomic E-state index is -0.443. The Morgan fingerprint density at radius 2 is 1.79 bits per heavy atom. The first-order valence-corrected chi connectivity index (χ1v) is 4.91. The fourth-order valence-electron chi connectivity index (χ4n) is 0.801. The lowest BCUT2D eigenvalue weighted by molar-refractivity contribution is 0.0600. The van der Waals surface area contributed by atoms with Crippen LogP contribution in [0, 0.1) is 0 Å². The van der Waals surface area contributed by atoms with E-state index < -0.39 is 5.97 Å². The molecule has 14 heavy (non-hydrogen) atoms. The van der Waals surface area contributed by atoms with Crippen LogP contribution in [-0.4, -0.2) is 23.7 Å². The van der Waals surface area contributed by atoms with Gasteiger partial charge in [-0.15, -0.1) is 0 Å². The van der Waals surface area contributed by atoms with Crippen molar-refractivity contribution in [1.82, 2.24) is 0 Å². The molecule has 1 aromatic rings. The number of methoxy groups -OCH3 is 1. The Kier molecular flexibility index (Phi) is 5.11. The minimum absolute atomic E-state index is 0. The van der Waals surface area contributed by atoms with Crippen molar-refractivity contribution in [1.29, 1.82) is 0 Å². The molecule has 0 saturated carbocycles. The maximum atomic E-state index is 11.1. The van der Waals surface area contributed by atoms with Gasteiger partial charge < -0.3 is 15.3 Å². The number of esters is 1. The van der Waals surface area contributed by atoms with Crippen LogP contribution in [0.5, 0.6) is 5.75 Å². The molecule has 0 atom stereocenters. The average molecular weight is 328 g/mol. The van der Waals surface area contributed by atoms with Crippen LogP contribution in [0.15, 0.2) is 21.1 Å². The number of rotatable bonds is 1. The Labute approximate surface area is 97.4 Å². The summed E-state index contributed by atoms with van der Waals surface area (Å²) in [5, 5.41) is 9.34. The molecule has 0 bridgehead atoms. The van der Waals surface area contributed by atoms with Crippen molar-refractivity contribution in [3.8, 4) is 5.75 Å². The molecular weight excluding hydrogens is 320 g/mol. The summed E-state index contributed by atoms with van der Waals surface area (Å²) >= 11 is 6.21. The highest BCUT2D eigenvalue weighted by Crippen LogP contribution is 2.33. The number of aromatic hydroxyl groups is 1. The van der Waals surface area contributed by atoms with Gasteiger partial charge in [-0.2, -0.15) is 0 Å². The Morgan fingerprint density at radius 1 is 1.36 bits per heavy atom. The first-order chi connectivity index (χ1) is 6.06. The van der Waals surface area contributed by atoms with Gasteiger partial charge in [-0.1, -0.05) is 0 Å². The summed E-state index contributed by atoms with van der Waals surface area (Å²) < 4.78 is 5.42. The Bertz CT molecular complexity index is 328. The molecule has 0 aliphatic heterocycles. The number of carbonyl (C=O) groups excluding carboxylic acids is 1. The van der Waals surface area contributed by atoms with Gasteiger partial charge in [0.2, 0.25) is 0 Å². The number of halogens is 2. The lowest BCUT2D eigenvalue weighted by Gasteiger charge is -2.03. The van der Waals surface area contributed by atoms with Crippen LogP contribution in [0.4, 0.5) is 0 Å². The number of carbonyl (C=O) groups is 1. The molecule has 4 nitrogen and oxygen atoms in total. The van der Waals surface area contributed by atoms with Crippen LogP contribution < -0.4 is 0 Å². The maximum Gasteiger partial charge on any atom is 0.337 e. The Hall–Kier alpha value is -0.590. The molecule has 0 heterocycles. The SMILES string of the molecule is COC(=O)c1cc(Br)c(O)c(Br)c1.O. The number of phenolic OH excluding ortho intramolecular Hbond substituents is 1. The van der Waals surface area contributed by atoms with Gasteiger partial charge in [0.1, 0.15) is 5.75 Å². The summed E-state index contributed by atoms with van der Waals surface area (Å²) in [6.45, 7) is 0. The van der Waals surface area contributed by atoms with Crippen LogP contribution in [0.2, 0.25) is 0 Å². The summed E-state index contributed by atoms with van der Waals surface area (Å²) in [5.41, 5.74) is 0.374. The highest BCUT2D eigenvalue weighted by atomic mass is 79.9. The molecule has 0 aliphatic carbocycles. The van der Waals surface area contributed by atoms with Crippen LogP contribution in [-0.2, 0) is 4.74 Å². The van der Waals surface area contributed by atoms with Gasteiger partial charge in [-0.05, 0) is 44.0 Å². The monoisotopic (exact) mass is 326 g/mol. The van der Waals surface area contributed by atoms with E-state index >= 15 is 0 Å². The van der Waals surface area contributed by atoms with Gasteiger partial charge in [-0.25, -0.2) is 4.79 Å². The molecule has 1 aromatic carbocycles. The number of ether oxygens (including phenoxy) is 1. The van der Waals surface area contributed by atoms with Crippen molar-refractivity contribution in [3.63, 3.8) is 0 Å². The lowest BCUT2D eigenvalue weighted by Crippen LogP contribution is -2.00. The summed E-state index contributed by atoms with van der Waals surface area (Å²) in [5.74, 6) is -0.381. The highest BCUT2D eigenvalue weighted by Gasteiger charge is 2.11. The zero-order chi connectivity index (χ0) is 10.0. The quantitative estimate of drug-likeness (QED) is 0.800. The zero-order valence-electron chi connectivity index (χ0n) is 7.17. The van der Waals surface area contributed by atoms with Gasteiger partial charge in [0.25, 0.3) is 0 Å². The number of benzene rings is 1. The van der Waals surface area contributed by atoms with Crippen LogP contribution in [0.3, 0.4) is 0 Å². The second-order valence-electron chi connectivity index (χ2n) is 2.28. The van der Waals surface area contributed by atoms with Crippen molar-refractivity contribution in [2.75, 3.05) is 7.11 Å². The molecule has 1 rings (SSSR count). The first kappa shape index (κ1) is 13.4. The fourth-order valence-corrected chi connectivity index (χ4v) is 1.99. The molecule has 0 fully saturated rings. The van der Waals surface area contributed by atoms with E-state index in [9.17, 15) is 9.90 Å². The van der Waals surface area contributed by atoms with Gasteiger partial charge in [0.15, 0.2) is 0 Å².